The summed E-state index contributed by atoms with van der Waals surface area (Å²) in [4.78, 5) is 14.5. The van der Waals surface area contributed by atoms with E-state index in [2.05, 4.69) is 20.6 Å². The summed E-state index contributed by atoms with van der Waals surface area (Å²) in [5.74, 6) is -0.141. The van der Waals surface area contributed by atoms with Crippen molar-refractivity contribution in [1.29, 1.82) is 0 Å². The van der Waals surface area contributed by atoms with Crippen molar-refractivity contribution >= 4 is 17.2 Å². The zero-order valence-electron chi connectivity index (χ0n) is 8.97. The lowest BCUT2D eigenvalue weighted by molar-refractivity contribution is 0.0774. The molecule has 2 rings (SSSR count). The third-order valence-corrected chi connectivity index (χ3v) is 3.24. The molecule has 1 amide bonds. The van der Waals surface area contributed by atoms with Gasteiger partial charge in [-0.2, -0.15) is 5.21 Å². The number of rotatable bonds is 3. The highest BCUT2D eigenvalue weighted by molar-refractivity contribution is 7.10. The minimum Gasteiger partial charge on any atom is -0.334 e. The molecule has 0 saturated heterocycles. The van der Waals surface area contributed by atoms with Gasteiger partial charge >= 0.3 is 0 Å². The molecule has 0 fully saturated rings. The number of aryl methyl sites for hydroxylation is 1. The van der Waals surface area contributed by atoms with Gasteiger partial charge in [0.05, 0.1) is 6.54 Å². The monoisotopic (exact) mass is 237 g/mol. The quantitative estimate of drug-likeness (QED) is 0.858. The highest BCUT2D eigenvalue weighted by Gasteiger charge is 2.17. The summed E-state index contributed by atoms with van der Waals surface area (Å²) in [5.41, 5.74) is 1.19. The maximum atomic E-state index is 11.8. The number of aromatic amines is 1. The largest absolute Gasteiger partial charge is 0.334 e. The molecule has 0 bridgehead atoms. The van der Waals surface area contributed by atoms with Gasteiger partial charge < -0.3 is 4.90 Å². The van der Waals surface area contributed by atoms with Gasteiger partial charge in [-0.3, -0.25) is 4.79 Å². The second-order valence-electron chi connectivity index (χ2n) is 3.42. The lowest BCUT2D eigenvalue weighted by Crippen LogP contribution is -2.27. The van der Waals surface area contributed by atoms with Gasteiger partial charge in [-0.05, 0) is 29.1 Å². The first kappa shape index (κ1) is 10.7. The summed E-state index contributed by atoms with van der Waals surface area (Å²) in [6, 6.07) is 2.03. The summed E-state index contributed by atoms with van der Waals surface area (Å²) < 4.78 is 0. The van der Waals surface area contributed by atoms with Crippen molar-refractivity contribution in [2.75, 3.05) is 7.05 Å². The number of carbonyl (C=O) groups excluding carboxylic acids is 1. The molecule has 6 nitrogen and oxygen atoms in total. The van der Waals surface area contributed by atoms with Crippen LogP contribution in [0.4, 0.5) is 0 Å². The average molecular weight is 237 g/mol. The number of nitrogens with one attached hydrogen (secondary N) is 1. The van der Waals surface area contributed by atoms with Crippen molar-refractivity contribution in [3.05, 3.63) is 27.7 Å². The summed E-state index contributed by atoms with van der Waals surface area (Å²) in [6.45, 7) is 2.59. The summed E-state index contributed by atoms with van der Waals surface area (Å²) >= 11 is 1.63. The lowest BCUT2D eigenvalue weighted by atomic mass is 10.3. The number of amides is 1. The van der Waals surface area contributed by atoms with Crippen LogP contribution in [0.15, 0.2) is 11.4 Å². The van der Waals surface area contributed by atoms with Gasteiger partial charge in [0.2, 0.25) is 0 Å². The molecule has 2 heterocycles. The molecular formula is C9H11N5OS. The Kier molecular flexibility index (Phi) is 2.95. The summed E-state index contributed by atoms with van der Waals surface area (Å²) in [5, 5.41) is 14.9. The van der Waals surface area contributed by atoms with Crippen LogP contribution < -0.4 is 0 Å². The maximum Gasteiger partial charge on any atom is 0.295 e. The van der Waals surface area contributed by atoms with E-state index in [1.807, 2.05) is 18.4 Å². The van der Waals surface area contributed by atoms with E-state index >= 15 is 0 Å². The van der Waals surface area contributed by atoms with Gasteiger partial charge in [0, 0.05) is 11.9 Å². The Morgan fingerprint density at radius 1 is 1.62 bits per heavy atom. The van der Waals surface area contributed by atoms with Crippen LogP contribution in [0.2, 0.25) is 0 Å². The van der Waals surface area contributed by atoms with Crippen molar-refractivity contribution in [3.63, 3.8) is 0 Å². The molecule has 84 valence electrons. The third-order valence-electron chi connectivity index (χ3n) is 2.23. The first-order valence-corrected chi connectivity index (χ1v) is 5.58. The molecule has 0 aliphatic rings. The highest BCUT2D eigenvalue weighted by atomic mass is 32.1. The van der Waals surface area contributed by atoms with Crippen LogP contribution in [-0.4, -0.2) is 38.5 Å². The molecule has 0 atom stereocenters. The van der Waals surface area contributed by atoms with Gasteiger partial charge in [0.1, 0.15) is 0 Å². The van der Waals surface area contributed by atoms with E-state index in [1.54, 1.807) is 23.3 Å². The van der Waals surface area contributed by atoms with Gasteiger partial charge in [0.15, 0.2) is 0 Å². The minimum absolute atomic E-state index is 0.0942. The Bertz CT molecular complexity index is 478. The molecule has 0 saturated carbocycles. The summed E-state index contributed by atoms with van der Waals surface area (Å²) in [7, 11) is 1.72. The molecule has 2 aromatic heterocycles. The average Bonchev–Trinajstić information content (AvgIpc) is 2.89. The molecule has 1 N–H and O–H groups in total. The van der Waals surface area contributed by atoms with E-state index in [0.717, 1.165) is 0 Å². The molecular weight excluding hydrogens is 226 g/mol. The number of carbonyl (C=O) groups is 1. The first-order chi connectivity index (χ1) is 7.68. The number of hydrogen-bond acceptors (Lipinski definition) is 5. The SMILES string of the molecule is Cc1ccsc1CN(C)C(=O)c1nn[nH]n1. The van der Waals surface area contributed by atoms with Crippen molar-refractivity contribution < 1.29 is 4.79 Å². The topological polar surface area (TPSA) is 74.8 Å². The van der Waals surface area contributed by atoms with E-state index < -0.39 is 0 Å². The fourth-order valence-corrected chi connectivity index (χ4v) is 2.23. The standard InChI is InChI=1S/C9H11N5OS/c1-6-3-4-16-7(6)5-14(2)9(15)8-10-12-13-11-8/h3-4H,5H2,1-2H3,(H,10,11,12,13). The Hall–Kier alpha value is -1.76. The fraction of sp³-hybridized carbons (Fsp3) is 0.333. The normalized spacial score (nSPS) is 10.4. The molecule has 0 radical (unpaired) electrons. The molecule has 2 aromatic rings. The summed E-state index contributed by atoms with van der Waals surface area (Å²) in [6.07, 6.45) is 0. The minimum atomic E-state index is -0.235. The van der Waals surface area contributed by atoms with Crippen LogP contribution in [0.1, 0.15) is 21.1 Å². The number of aromatic nitrogens is 4. The van der Waals surface area contributed by atoms with Gasteiger partial charge in [-0.25, -0.2) is 0 Å². The smallest absolute Gasteiger partial charge is 0.295 e. The molecule has 0 aromatic carbocycles. The molecule has 16 heavy (non-hydrogen) atoms. The van der Waals surface area contributed by atoms with Crippen molar-refractivity contribution in [2.45, 2.75) is 13.5 Å². The van der Waals surface area contributed by atoms with E-state index in [9.17, 15) is 4.79 Å². The van der Waals surface area contributed by atoms with Crippen molar-refractivity contribution in [1.82, 2.24) is 25.5 Å². The second-order valence-corrected chi connectivity index (χ2v) is 4.42. The molecule has 7 heteroatoms. The van der Waals surface area contributed by atoms with E-state index in [1.165, 1.54) is 10.4 Å². The van der Waals surface area contributed by atoms with Crippen LogP contribution in [0.25, 0.3) is 0 Å². The zero-order chi connectivity index (χ0) is 11.5. The van der Waals surface area contributed by atoms with Crippen molar-refractivity contribution in [2.24, 2.45) is 0 Å². The number of hydrogen-bond donors (Lipinski definition) is 1. The second kappa shape index (κ2) is 4.40. The first-order valence-electron chi connectivity index (χ1n) is 4.70. The highest BCUT2D eigenvalue weighted by Crippen LogP contribution is 2.17. The zero-order valence-corrected chi connectivity index (χ0v) is 9.78. The Labute approximate surface area is 96.3 Å². The van der Waals surface area contributed by atoms with Crippen molar-refractivity contribution in [3.8, 4) is 0 Å². The van der Waals surface area contributed by atoms with Crippen LogP contribution in [0.5, 0.6) is 0 Å². The number of thiophene rings is 1. The molecule has 0 spiro atoms. The van der Waals surface area contributed by atoms with E-state index in [0.29, 0.717) is 6.54 Å². The number of nitrogens with zero attached hydrogens (tertiary/aromatic N) is 4. The Morgan fingerprint density at radius 2 is 2.44 bits per heavy atom. The predicted octanol–water partition coefficient (Wildman–Crippen LogP) is 0.842. The molecule has 0 unspecified atom stereocenters. The Morgan fingerprint density at radius 3 is 3.00 bits per heavy atom. The van der Waals surface area contributed by atoms with Crippen LogP contribution >= 0.6 is 11.3 Å². The molecule has 0 aliphatic heterocycles. The van der Waals surface area contributed by atoms with Gasteiger partial charge in [-0.1, -0.05) is 0 Å². The lowest BCUT2D eigenvalue weighted by Gasteiger charge is -2.14. The van der Waals surface area contributed by atoms with Crippen LogP contribution in [0, 0.1) is 6.92 Å². The maximum absolute atomic E-state index is 11.8. The van der Waals surface area contributed by atoms with Crippen LogP contribution in [-0.2, 0) is 6.54 Å². The predicted molar refractivity (Wildman–Crippen MR) is 59.0 cm³/mol. The number of tetrazole rings is 1. The van der Waals surface area contributed by atoms with Crippen LogP contribution in [0.3, 0.4) is 0 Å². The molecule has 0 aliphatic carbocycles. The number of H-pyrrole nitrogens is 1. The Balaban J connectivity index is 2.07. The van der Waals surface area contributed by atoms with E-state index in [-0.39, 0.29) is 11.7 Å². The third kappa shape index (κ3) is 2.08. The fourth-order valence-electron chi connectivity index (χ4n) is 1.28. The van der Waals surface area contributed by atoms with E-state index in [4.69, 9.17) is 0 Å². The van der Waals surface area contributed by atoms with Gasteiger partial charge in [0.25, 0.3) is 11.7 Å². The van der Waals surface area contributed by atoms with Gasteiger partial charge in [-0.15, -0.1) is 21.5 Å².